The second kappa shape index (κ2) is 6.72. The number of anilines is 1. The van der Waals surface area contributed by atoms with Crippen LogP contribution in [0.3, 0.4) is 0 Å². The Morgan fingerprint density at radius 1 is 1.15 bits per heavy atom. The number of amides is 1. The molecule has 0 spiro atoms. The van der Waals surface area contributed by atoms with E-state index in [2.05, 4.69) is 18.0 Å². The quantitative estimate of drug-likeness (QED) is 0.659. The fraction of sp³-hybridized carbons (Fsp3) is 0.318. The van der Waals surface area contributed by atoms with Crippen molar-refractivity contribution >= 4 is 22.6 Å². The first-order chi connectivity index (χ1) is 13.0. The highest BCUT2D eigenvalue weighted by molar-refractivity contribution is 6.11. The molecule has 3 aromatic rings. The van der Waals surface area contributed by atoms with Crippen LogP contribution in [0.15, 0.2) is 40.8 Å². The Kier molecular flexibility index (Phi) is 4.38. The molecule has 2 aromatic carbocycles. The number of carbonyl (C=O) groups excluding carboxylic acids is 1. The van der Waals surface area contributed by atoms with Gasteiger partial charge in [-0.1, -0.05) is 0 Å². The predicted octanol–water partition coefficient (Wildman–Crippen LogP) is 4.71. The van der Waals surface area contributed by atoms with E-state index in [4.69, 9.17) is 4.42 Å². The smallest absolute Gasteiger partial charge is 0.257 e. The summed E-state index contributed by atoms with van der Waals surface area (Å²) in [6, 6.07) is 10.2. The second-order valence-electron chi connectivity index (χ2n) is 7.37. The van der Waals surface area contributed by atoms with Gasteiger partial charge in [0.1, 0.15) is 17.2 Å². The van der Waals surface area contributed by atoms with Crippen LogP contribution in [0.1, 0.15) is 28.8 Å². The number of fused-ring (bicyclic) bond motifs is 2. The van der Waals surface area contributed by atoms with Crippen molar-refractivity contribution in [3.8, 4) is 11.3 Å². The van der Waals surface area contributed by atoms with Crippen molar-refractivity contribution in [1.82, 2.24) is 4.90 Å². The number of rotatable bonds is 2. The third kappa shape index (κ3) is 3.07. The Hall–Kier alpha value is -2.82. The molecule has 0 N–H and O–H groups in total. The highest BCUT2D eigenvalue weighted by Gasteiger charge is 2.25. The van der Waals surface area contributed by atoms with Crippen molar-refractivity contribution in [3.63, 3.8) is 0 Å². The molecular formula is C22H23FN2O2. The van der Waals surface area contributed by atoms with Gasteiger partial charge < -0.3 is 14.2 Å². The second-order valence-corrected chi connectivity index (χ2v) is 7.37. The summed E-state index contributed by atoms with van der Waals surface area (Å²) in [5.41, 5.74) is 4.31. The summed E-state index contributed by atoms with van der Waals surface area (Å²) < 4.78 is 19.5. The van der Waals surface area contributed by atoms with Gasteiger partial charge in [-0.05, 0) is 55.2 Å². The van der Waals surface area contributed by atoms with Gasteiger partial charge in [-0.25, -0.2) is 4.39 Å². The summed E-state index contributed by atoms with van der Waals surface area (Å²) in [6.45, 7) is 1.01. The van der Waals surface area contributed by atoms with Crippen LogP contribution in [-0.2, 0) is 6.42 Å². The first-order valence-electron chi connectivity index (χ1n) is 9.24. The van der Waals surface area contributed by atoms with Gasteiger partial charge in [-0.3, -0.25) is 4.79 Å². The van der Waals surface area contributed by atoms with Crippen LogP contribution in [0.5, 0.6) is 0 Å². The van der Waals surface area contributed by atoms with Crippen LogP contribution in [0.2, 0.25) is 0 Å². The minimum Gasteiger partial charge on any atom is -0.455 e. The van der Waals surface area contributed by atoms with Crippen LogP contribution in [0, 0.1) is 5.82 Å². The number of aryl methyl sites for hydroxylation is 1. The van der Waals surface area contributed by atoms with Gasteiger partial charge in [0.25, 0.3) is 5.91 Å². The van der Waals surface area contributed by atoms with Gasteiger partial charge in [-0.15, -0.1) is 0 Å². The van der Waals surface area contributed by atoms with E-state index in [1.54, 1.807) is 31.1 Å². The maximum atomic E-state index is 13.4. The molecule has 1 amide bonds. The van der Waals surface area contributed by atoms with Crippen LogP contribution >= 0.6 is 0 Å². The number of hydrogen-bond acceptors (Lipinski definition) is 3. The molecule has 0 saturated carbocycles. The number of benzene rings is 2. The molecule has 1 aliphatic heterocycles. The zero-order valence-corrected chi connectivity index (χ0v) is 15.9. The maximum Gasteiger partial charge on any atom is 0.257 e. The minimum atomic E-state index is -0.316. The molecule has 140 valence electrons. The third-order valence-corrected chi connectivity index (χ3v) is 5.22. The molecule has 4 rings (SSSR count). The Balaban J connectivity index is 1.98. The Morgan fingerprint density at radius 2 is 1.89 bits per heavy atom. The van der Waals surface area contributed by atoms with E-state index in [1.165, 1.54) is 17.7 Å². The highest BCUT2D eigenvalue weighted by atomic mass is 19.1. The molecule has 0 radical (unpaired) electrons. The number of furan rings is 1. The average molecular weight is 366 g/mol. The van der Waals surface area contributed by atoms with Crippen LogP contribution in [0.4, 0.5) is 10.1 Å². The SMILES string of the molecule is CN(C)C(=O)c1c(-c2ccc(F)cc2)oc2cc3c(cc12)CCCCN3C. The fourth-order valence-electron chi connectivity index (χ4n) is 3.76. The van der Waals surface area contributed by atoms with Gasteiger partial charge >= 0.3 is 0 Å². The predicted molar refractivity (Wildman–Crippen MR) is 106 cm³/mol. The van der Waals surface area contributed by atoms with Crippen LogP contribution in [-0.4, -0.2) is 38.5 Å². The zero-order chi connectivity index (χ0) is 19.1. The van der Waals surface area contributed by atoms with E-state index in [0.717, 1.165) is 36.9 Å². The van der Waals surface area contributed by atoms with E-state index in [9.17, 15) is 9.18 Å². The van der Waals surface area contributed by atoms with Gasteiger partial charge in [0.15, 0.2) is 0 Å². The van der Waals surface area contributed by atoms with Crippen molar-refractivity contribution in [1.29, 1.82) is 0 Å². The summed E-state index contributed by atoms with van der Waals surface area (Å²) in [7, 11) is 5.55. The van der Waals surface area contributed by atoms with E-state index >= 15 is 0 Å². The molecule has 0 bridgehead atoms. The fourth-order valence-corrected chi connectivity index (χ4v) is 3.76. The Labute approximate surface area is 158 Å². The minimum absolute atomic E-state index is 0.116. The van der Waals surface area contributed by atoms with E-state index in [1.807, 2.05) is 6.07 Å². The van der Waals surface area contributed by atoms with E-state index in [0.29, 0.717) is 22.5 Å². The molecule has 0 unspecified atom stereocenters. The van der Waals surface area contributed by atoms with Crippen molar-refractivity contribution in [2.24, 2.45) is 0 Å². The summed E-state index contributed by atoms with van der Waals surface area (Å²) in [6.07, 6.45) is 3.27. The summed E-state index contributed by atoms with van der Waals surface area (Å²) in [4.78, 5) is 16.8. The Morgan fingerprint density at radius 3 is 2.59 bits per heavy atom. The van der Waals surface area contributed by atoms with Crippen molar-refractivity contribution in [2.75, 3.05) is 32.6 Å². The van der Waals surface area contributed by atoms with Crippen LogP contribution in [0.25, 0.3) is 22.3 Å². The first-order valence-corrected chi connectivity index (χ1v) is 9.24. The molecule has 0 fully saturated rings. The lowest BCUT2D eigenvalue weighted by molar-refractivity contribution is 0.0829. The number of carbonyl (C=O) groups is 1. The van der Waals surface area contributed by atoms with Gasteiger partial charge in [0, 0.05) is 50.4 Å². The monoisotopic (exact) mass is 366 g/mol. The number of halogens is 1. The largest absolute Gasteiger partial charge is 0.455 e. The Bertz CT molecular complexity index is 1010. The molecule has 27 heavy (non-hydrogen) atoms. The van der Waals surface area contributed by atoms with Crippen molar-refractivity contribution in [2.45, 2.75) is 19.3 Å². The molecular weight excluding hydrogens is 343 g/mol. The lowest BCUT2D eigenvalue weighted by Crippen LogP contribution is -2.22. The zero-order valence-electron chi connectivity index (χ0n) is 15.9. The summed E-state index contributed by atoms with van der Waals surface area (Å²) in [5.74, 6) is 0.0604. The third-order valence-electron chi connectivity index (χ3n) is 5.22. The molecule has 0 saturated heterocycles. The maximum absolute atomic E-state index is 13.4. The van der Waals surface area contributed by atoms with E-state index < -0.39 is 0 Å². The molecule has 0 atom stereocenters. The normalized spacial score (nSPS) is 14.1. The number of nitrogens with zero attached hydrogens (tertiary/aromatic N) is 2. The van der Waals surface area contributed by atoms with Gasteiger partial charge in [-0.2, -0.15) is 0 Å². The summed E-state index contributed by atoms with van der Waals surface area (Å²) >= 11 is 0. The molecule has 1 aromatic heterocycles. The van der Waals surface area contributed by atoms with Gasteiger partial charge in [0.05, 0.1) is 5.56 Å². The lowest BCUT2D eigenvalue weighted by atomic mass is 10.0. The van der Waals surface area contributed by atoms with E-state index in [-0.39, 0.29) is 11.7 Å². The molecule has 1 aliphatic rings. The highest BCUT2D eigenvalue weighted by Crippen LogP contribution is 2.38. The summed E-state index contributed by atoms with van der Waals surface area (Å²) in [5, 5.41) is 0.821. The topological polar surface area (TPSA) is 36.7 Å². The molecule has 5 heteroatoms. The first kappa shape index (κ1) is 17.6. The van der Waals surface area contributed by atoms with Gasteiger partial charge in [0.2, 0.25) is 0 Å². The lowest BCUT2D eigenvalue weighted by Gasteiger charge is -2.19. The van der Waals surface area contributed by atoms with Crippen molar-refractivity contribution in [3.05, 3.63) is 53.3 Å². The standard InChI is InChI=1S/C22H23FN2O2/c1-24(2)22(26)20-17-12-15-6-4-5-11-25(3)18(15)13-19(17)27-21(20)14-7-9-16(23)10-8-14/h7-10,12-13H,4-6,11H2,1-3H3. The average Bonchev–Trinajstić information content (AvgIpc) is 2.92. The molecule has 2 heterocycles. The van der Waals surface area contributed by atoms with Crippen molar-refractivity contribution < 1.29 is 13.6 Å². The number of hydrogen-bond donors (Lipinski definition) is 0. The molecule has 0 aliphatic carbocycles. The van der Waals surface area contributed by atoms with Crippen LogP contribution < -0.4 is 4.90 Å². The molecule has 4 nitrogen and oxygen atoms in total.